The smallest absolute Gasteiger partial charge is 0.165 e. The van der Waals surface area contributed by atoms with Gasteiger partial charge in [0.15, 0.2) is 11.5 Å². The van der Waals surface area contributed by atoms with E-state index in [0.717, 1.165) is 48.8 Å². The van der Waals surface area contributed by atoms with Crippen molar-refractivity contribution >= 4 is 5.69 Å². The molecule has 3 aliphatic heterocycles. The first-order valence-electron chi connectivity index (χ1n) is 11.6. The molecule has 2 aromatic rings. The van der Waals surface area contributed by atoms with E-state index in [-0.39, 0.29) is 29.9 Å². The molecule has 1 aromatic carbocycles. The molecule has 6 atom stereocenters. The van der Waals surface area contributed by atoms with E-state index in [1.54, 1.807) is 12.4 Å². The number of rotatable bonds is 2. The molecule has 7 nitrogen and oxygen atoms in total. The van der Waals surface area contributed by atoms with Crippen molar-refractivity contribution in [1.82, 2.24) is 14.9 Å². The highest BCUT2D eigenvalue weighted by atomic mass is 16.5. The lowest BCUT2D eigenvalue weighted by molar-refractivity contribution is -0.191. The van der Waals surface area contributed by atoms with Gasteiger partial charge in [-0.3, -0.25) is 4.90 Å². The summed E-state index contributed by atoms with van der Waals surface area (Å²) in [5.74, 6) is 1.64. The largest absolute Gasteiger partial charge is 0.504 e. The Hall–Kier alpha value is -2.38. The number of anilines is 1. The minimum atomic E-state index is -0.910. The van der Waals surface area contributed by atoms with Crippen molar-refractivity contribution < 1.29 is 14.9 Å². The molecule has 3 N–H and O–H groups in total. The minimum absolute atomic E-state index is 0.0142. The third-order valence-corrected chi connectivity index (χ3v) is 9.27. The number of hydrogen-bond acceptors (Lipinski definition) is 7. The molecular formula is C24H26N4O3. The van der Waals surface area contributed by atoms with Gasteiger partial charge in [-0.25, -0.2) is 9.97 Å². The summed E-state index contributed by atoms with van der Waals surface area (Å²) >= 11 is 0. The van der Waals surface area contributed by atoms with Crippen LogP contribution in [0.1, 0.15) is 48.4 Å². The van der Waals surface area contributed by atoms with Gasteiger partial charge in [-0.2, -0.15) is 0 Å². The number of aliphatic hydroxyl groups is 1. The van der Waals surface area contributed by atoms with Gasteiger partial charge in [0.25, 0.3) is 0 Å². The number of aromatic hydroxyl groups is 1. The van der Waals surface area contributed by atoms with Gasteiger partial charge in [0.2, 0.25) is 0 Å². The SMILES string of the molecule is Oc1ccc2c3c1OC1C4Nc5cncnc5C4C[C@@]4(O)C(C2)N(CC2CC2)CC[C@]314. The third-order valence-electron chi connectivity index (χ3n) is 9.27. The highest BCUT2D eigenvalue weighted by Crippen LogP contribution is 2.68. The second-order valence-corrected chi connectivity index (χ2v) is 10.6. The van der Waals surface area contributed by atoms with E-state index in [2.05, 4.69) is 26.3 Å². The molecule has 2 bridgehead atoms. The molecule has 0 radical (unpaired) electrons. The van der Waals surface area contributed by atoms with Gasteiger partial charge >= 0.3 is 0 Å². The minimum Gasteiger partial charge on any atom is -0.504 e. The van der Waals surface area contributed by atoms with E-state index in [4.69, 9.17) is 4.74 Å². The highest BCUT2D eigenvalue weighted by molar-refractivity contribution is 5.66. The predicted molar refractivity (Wildman–Crippen MR) is 112 cm³/mol. The Kier molecular flexibility index (Phi) is 2.96. The van der Waals surface area contributed by atoms with Crippen molar-refractivity contribution in [2.75, 3.05) is 18.4 Å². The molecule has 4 unspecified atom stereocenters. The van der Waals surface area contributed by atoms with E-state index in [1.165, 1.54) is 18.4 Å². The molecule has 1 saturated heterocycles. The van der Waals surface area contributed by atoms with E-state index >= 15 is 0 Å². The summed E-state index contributed by atoms with van der Waals surface area (Å²) in [6, 6.07) is 3.92. The van der Waals surface area contributed by atoms with Crippen molar-refractivity contribution in [1.29, 1.82) is 0 Å². The maximum atomic E-state index is 12.7. The fourth-order valence-corrected chi connectivity index (χ4v) is 7.88. The van der Waals surface area contributed by atoms with Crippen LogP contribution in [0, 0.1) is 5.92 Å². The van der Waals surface area contributed by atoms with Crippen LogP contribution in [-0.4, -0.2) is 62.0 Å². The molecule has 31 heavy (non-hydrogen) atoms. The van der Waals surface area contributed by atoms with Crippen LogP contribution in [0.2, 0.25) is 0 Å². The average molecular weight is 418 g/mol. The monoisotopic (exact) mass is 418 g/mol. The number of fused-ring (bicyclic) bond motifs is 4. The summed E-state index contributed by atoms with van der Waals surface area (Å²) in [6.07, 6.45) is 8.15. The standard InChI is InChI=1S/C24H26N4O3/c29-16-4-3-13-7-17-24(30)8-14-19-15(9-25-11-26-19)27-20(14)22-23(24,18(13)21(16)31-22)5-6-28(17)10-12-1-2-12/h3-4,9,11-12,14,17,20,22,27,29-30H,1-2,5-8,10H2/t14?,17?,20?,22?,23-,24+/m0/s1. The zero-order chi connectivity index (χ0) is 20.5. The third kappa shape index (κ3) is 1.86. The first-order valence-corrected chi connectivity index (χ1v) is 11.6. The van der Waals surface area contributed by atoms with Crippen molar-refractivity contribution in [3.05, 3.63) is 41.5 Å². The van der Waals surface area contributed by atoms with Crippen LogP contribution in [0.4, 0.5) is 5.69 Å². The number of piperidine rings is 1. The Labute approximate surface area is 180 Å². The lowest BCUT2D eigenvalue weighted by Gasteiger charge is -2.64. The molecule has 4 heterocycles. The topological polar surface area (TPSA) is 90.7 Å². The van der Waals surface area contributed by atoms with Crippen molar-refractivity contribution in [3.63, 3.8) is 0 Å². The van der Waals surface area contributed by atoms with E-state index < -0.39 is 11.0 Å². The Morgan fingerprint density at radius 1 is 1.29 bits per heavy atom. The Balaban J connectivity index is 1.35. The second kappa shape index (κ2) is 5.33. The fourth-order valence-electron chi connectivity index (χ4n) is 7.88. The summed E-state index contributed by atoms with van der Waals surface area (Å²) in [7, 11) is 0. The predicted octanol–water partition coefficient (Wildman–Crippen LogP) is 1.93. The molecule has 7 heteroatoms. The number of nitrogens with zero attached hydrogens (tertiary/aromatic N) is 3. The van der Waals surface area contributed by atoms with E-state index in [1.807, 2.05) is 6.20 Å². The lowest BCUT2D eigenvalue weighted by atomic mass is 9.47. The Bertz CT molecular complexity index is 1140. The zero-order valence-electron chi connectivity index (χ0n) is 17.3. The zero-order valence-corrected chi connectivity index (χ0v) is 17.3. The summed E-state index contributed by atoms with van der Waals surface area (Å²) in [5, 5.41) is 27.1. The Morgan fingerprint density at radius 3 is 3.06 bits per heavy atom. The molecule has 160 valence electrons. The van der Waals surface area contributed by atoms with Gasteiger partial charge in [-0.05, 0) is 56.2 Å². The van der Waals surface area contributed by atoms with Crippen molar-refractivity contribution in [2.24, 2.45) is 5.92 Å². The summed E-state index contributed by atoms with van der Waals surface area (Å²) in [4.78, 5) is 11.4. The summed E-state index contributed by atoms with van der Waals surface area (Å²) in [5.41, 5.74) is 2.84. The maximum Gasteiger partial charge on any atom is 0.165 e. The molecule has 3 fully saturated rings. The van der Waals surface area contributed by atoms with Crippen LogP contribution < -0.4 is 10.1 Å². The molecule has 3 aliphatic carbocycles. The highest BCUT2D eigenvalue weighted by Gasteiger charge is 2.75. The molecule has 1 spiro atoms. The van der Waals surface area contributed by atoms with E-state index in [0.29, 0.717) is 12.2 Å². The fraction of sp³-hybridized carbons (Fsp3) is 0.583. The maximum absolute atomic E-state index is 12.7. The van der Waals surface area contributed by atoms with Crippen molar-refractivity contribution in [2.45, 2.75) is 67.2 Å². The van der Waals surface area contributed by atoms with Gasteiger partial charge in [-0.15, -0.1) is 0 Å². The molecule has 6 aliphatic rings. The number of ether oxygens (including phenoxy) is 1. The van der Waals surface area contributed by atoms with Gasteiger partial charge in [0.05, 0.1) is 34.6 Å². The quantitative estimate of drug-likeness (QED) is 0.687. The molecule has 2 saturated carbocycles. The summed E-state index contributed by atoms with van der Waals surface area (Å²) in [6.45, 7) is 2.06. The van der Waals surface area contributed by atoms with Crippen LogP contribution in [-0.2, 0) is 11.8 Å². The number of likely N-dealkylation sites (tertiary alicyclic amines) is 1. The number of aromatic nitrogens is 2. The number of phenolic OH excluding ortho intramolecular Hbond substituents is 1. The molecular weight excluding hydrogens is 392 g/mol. The summed E-state index contributed by atoms with van der Waals surface area (Å²) < 4.78 is 6.61. The van der Waals surface area contributed by atoms with Gasteiger partial charge in [0.1, 0.15) is 12.4 Å². The van der Waals surface area contributed by atoms with Crippen LogP contribution >= 0.6 is 0 Å². The van der Waals surface area contributed by atoms with Crippen LogP contribution in [0.3, 0.4) is 0 Å². The lowest BCUT2D eigenvalue weighted by Crippen LogP contribution is -2.78. The van der Waals surface area contributed by atoms with Gasteiger partial charge in [-0.1, -0.05) is 6.07 Å². The normalized spacial score (nSPS) is 41.1. The first kappa shape index (κ1) is 17.2. The number of nitrogens with one attached hydrogen (secondary N) is 1. The first-order chi connectivity index (χ1) is 15.1. The van der Waals surface area contributed by atoms with Gasteiger partial charge < -0.3 is 20.3 Å². The van der Waals surface area contributed by atoms with E-state index in [9.17, 15) is 10.2 Å². The van der Waals surface area contributed by atoms with Crippen LogP contribution in [0.25, 0.3) is 0 Å². The number of hydrogen-bond donors (Lipinski definition) is 3. The average Bonchev–Trinajstić information content (AvgIpc) is 3.40. The molecule has 1 aromatic heterocycles. The molecule has 8 rings (SSSR count). The second-order valence-electron chi connectivity index (χ2n) is 10.6. The van der Waals surface area contributed by atoms with Crippen LogP contribution in [0.15, 0.2) is 24.7 Å². The number of phenols is 1. The number of benzene rings is 1. The van der Waals surface area contributed by atoms with Crippen molar-refractivity contribution in [3.8, 4) is 11.5 Å². The molecule has 0 amide bonds. The van der Waals surface area contributed by atoms with Crippen LogP contribution in [0.5, 0.6) is 11.5 Å². The Morgan fingerprint density at radius 2 is 2.19 bits per heavy atom. The van der Waals surface area contributed by atoms with Gasteiger partial charge in [0, 0.05) is 24.1 Å².